The van der Waals surface area contributed by atoms with E-state index in [-0.39, 0.29) is 10.9 Å². The van der Waals surface area contributed by atoms with Crippen LogP contribution >= 0.6 is 11.8 Å². The smallest absolute Gasteiger partial charge is 0.337 e. The van der Waals surface area contributed by atoms with Gasteiger partial charge in [0.25, 0.3) is 0 Å². The molecule has 1 N–H and O–H groups in total. The van der Waals surface area contributed by atoms with Gasteiger partial charge in [0.2, 0.25) is 5.12 Å². The van der Waals surface area contributed by atoms with Gasteiger partial charge in [-0.3, -0.25) is 4.79 Å². The Kier molecular flexibility index (Phi) is 4.62. The molecule has 0 aromatic heterocycles. The number of hydrogen-bond donors (Lipinski definition) is 1. The fourth-order valence-corrected chi connectivity index (χ4v) is 3.12. The number of thioether (sulfide) groups is 1. The lowest BCUT2D eigenvalue weighted by atomic mass is 10.0. The Hall–Kier alpha value is -2.19. The molecule has 1 heterocycles. The number of carbonyl (C=O) groups excluding carboxylic acids is 2. The molecule has 1 aromatic rings. The van der Waals surface area contributed by atoms with E-state index >= 15 is 0 Å². The normalized spacial score (nSPS) is 20.6. The van der Waals surface area contributed by atoms with Crippen molar-refractivity contribution in [2.24, 2.45) is 0 Å². The summed E-state index contributed by atoms with van der Waals surface area (Å²) in [6.45, 7) is 3.42. The summed E-state index contributed by atoms with van der Waals surface area (Å²) in [5.41, 5.74) is 1.62. The molecule has 22 heavy (non-hydrogen) atoms. The second-order valence-corrected chi connectivity index (χ2v) is 6.62. The Morgan fingerprint density at radius 3 is 2.50 bits per heavy atom. The summed E-state index contributed by atoms with van der Waals surface area (Å²) >= 11 is 1.10. The van der Waals surface area contributed by atoms with Gasteiger partial charge in [0, 0.05) is 17.6 Å². The summed E-state index contributed by atoms with van der Waals surface area (Å²) in [5, 5.41) is 9.92. The number of benzene rings is 1. The van der Waals surface area contributed by atoms with E-state index in [0.29, 0.717) is 17.6 Å². The number of hydrogen-bond acceptors (Lipinski definition) is 5. The van der Waals surface area contributed by atoms with Crippen molar-refractivity contribution in [2.45, 2.75) is 25.0 Å². The molecule has 1 atom stereocenters. The zero-order valence-corrected chi connectivity index (χ0v) is 13.4. The van der Waals surface area contributed by atoms with Crippen LogP contribution in [0.1, 0.15) is 36.2 Å². The average Bonchev–Trinajstić information content (AvgIpc) is 2.71. The van der Waals surface area contributed by atoms with Gasteiger partial charge in [-0.2, -0.15) is 0 Å². The third-order valence-corrected chi connectivity index (χ3v) is 4.72. The molecule has 0 amide bonds. The Balaban J connectivity index is 2.09. The van der Waals surface area contributed by atoms with E-state index in [2.05, 4.69) is 16.6 Å². The zero-order valence-electron chi connectivity index (χ0n) is 12.6. The van der Waals surface area contributed by atoms with Gasteiger partial charge in [-0.15, -0.1) is 0 Å². The van der Waals surface area contributed by atoms with Crippen LogP contribution in [0.5, 0.6) is 0 Å². The van der Waals surface area contributed by atoms with Gasteiger partial charge in [-0.05, 0) is 38.1 Å². The summed E-state index contributed by atoms with van der Waals surface area (Å²) < 4.78 is 3.95. The van der Waals surface area contributed by atoms with Crippen molar-refractivity contribution in [2.75, 3.05) is 7.11 Å². The number of aliphatic hydroxyl groups is 1. The second kappa shape index (κ2) is 6.29. The Bertz CT molecular complexity index is 706. The first-order chi connectivity index (χ1) is 10.4. The maximum absolute atomic E-state index is 11.6. The fourth-order valence-electron chi connectivity index (χ4n) is 2.07. The van der Waals surface area contributed by atoms with Gasteiger partial charge in [0.15, 0.2) is 0 Å². The van der Waals surface area contributed by atoms with Gasteiger partial charge in [-0.1, -0.05) is 23.6 Å². The van der Waals surface area contributed by atoms with Crippen molar-refractivity contribution in [3.63, 3.8) is 0 Å². The molecule has 1 aromatic carbocycles. The summed E-state index contributed by atoms with van der Waals surface area (Å²) in [6.07, 6.45) is 0.366. The molecule has 0 saturated heterocycles. The molecule has 0 bridgehead atoms. The van der Waals surface area contributed by atoms with Crippen molar-refractivity contribution in [3.05, 3.63) is 46.7 Å². The van der Waals surface area contributed by atoms with Crippen LogP contribution in [0.25, 0.3) is 0 Å². The van der Waals surface area contributed by atoms with Crippen molar-refractivity contribution in [1.29, 1.82) is 0 Å². The van der Waals surface area contributed by atoms with E-state index in [4.69, 9.17) is 0 Å². The fraction of sp³-hybridized carbons (Fsp3) is 0.294. The SMILES string of the molecule is COC(=O)c1ccc(C#CCC2(C)SC(=O)C(C)=C2O)cc1. The van der Waals surface area contributed by atoms with Crippen LogP contribution in [0.4, 0.5) is 0 Å². The number of rotatable bonds is 2. The molecule has 1 unspecified atom stereocenters. The molecule has 0 radical (unpaired) electrons. The van der Waals surface area contributed by atoms with E-state index in [1.165, 1.54) is 7.11 Å². The van der Waals surface area contributed by atoms with Crippen LogP contribution in [0.3, 0.4) is 0 Å². The number of carbonyl (C=O) groups is 2. The van der Waals surface area contributed by atoms with Crippen LogP contribution < -0.4 is 0 Å². The Labute approximate surface area is 133 Å². The third kappa shape index (κ3) is 3.18. The number of ether oxygens (including phenoxy) is 1. The van der Waals surface area contributed by atoms with E-state index < -0.39 is 10.7 Å². The van der Waals surface area contributed by atoms with Gasteiger partial charge in [-0.25, -0.2) is 4.79 Å². The molecule has 114 valence electrons. The van der Waals surface area contributed by atoms with Crippen LogP contribution in [0.15, 0.2) is 35.6 Å². The minimum absolute atomic E-state index is 0.107. The standard InChI is InChI=1S/C17H16O4S/c1-11-14(18)17(2,22-16(11)20)10-4-5-12-6-8-13(9-7-12)15(19)21-3/h6-9,18H,10H2,1-3H3. The predicted molar refractivity (Wildman–Crippen MR) is 85.6 cm³/mol. The summed E-state index contributed by atoms with van der Waals surface area (Å²) in [4.78, 5) is 22.9. The highest BCUT2D eigenvalue weighted by atomic mass is 32.2. The second-order valence-electron chi connectivity index (χ2n) is 5.14. The van der Waals surface area contributed by atoms with E-state index in [0.717, 1.165) is 17.3 Å². The number of aliphatic hydroxyl groups excluding tert-OH is 1. The van der Waals surface area contributed by atoms with Crippen LogP contribution in [0.2, 0.25) is 0 Å². The summed E-state index contributed by atoms with van der Waals surface area (Å²) in [7, 11) is 1.33. The lowest BCUT2D eigenvalue weighted by Crippen LogP contribution is -2.19. The largest absolute Gasteiger partial charge is 0.510 e. The Morgan fingerprint density at radius 1 is 1.36 bits per heavy atom. The first-order valence-corrected chi connectivity index (χ1v) is 7.50. The molecular formula is C17H16O4S. The van der Waals surface area contributed by atoms with E-state index in [9.17, 15) is 14.7 Å². The highest BCUT2D eigenvalue weighted by Gasteiger charge is 2.41. The van der Waals surface area contributed by atoms with Crippen LogP contribution in [-0.2, 0) is 9.53 Å². The van der Waals surface area contributed by atoms with Gasteiger partial charge in [0.05, 0.1) is 17.4 Å². The van der Waals surface area contributed by atoms with Crippen molar-refractivity contribution in [3.8, 4) is 11.8 Å². The topological polar surface area (TPSA) is 63.6 Å². The van der Waals surface area contributed by atoms with Gasteiger partial charge < -0.3 is 9.84 Å². The maximum atomic E-state index is 11.6. The van der Waals surface area contributed by atoms with Crippen molar-refractivity contribution >= 4 is 22.8 Å². The van der Waals surface area contributed by atoms with Gasteiger partial charge >= 0.3 is 5.97 Å². The molecule has 0 fully saturated rings. The molecule has 0 spiro atoms. The number of esters is 1. The predicted octanol–water partition coefficient (Wildman–Crippen LogP) is 3.08. The van der Waals surface area contributed by atoms with Gasteiger partial charge in [0.1, 0.15) is 5.76 Å². The van der Waals surface area contributed by atoms with E-state index in [1.807, 2.05) is 0 Å². The molecular weight excluding hydrogens is 300 g/mol. The molecule has 1 aliphatic rings. The molecule has 0 saturated carbocycles. The summed E-state index contributed by atoms with van der Waals surface area (Å²) in [6, 6.07) is 6.75. The molecule has 1 aliphatic heterocycles. The monoisotopic (exact) mass is 316 g/mol. The highest BCUT2D eigenvalue weighted by Crippen LogP contribution is 2.44. The highest BCUT2D eigenvalue weighted by molar-refractivity contribution is 8.15. The zero-order chi connectivity index (χ0) is 16.3. The average molecular weight is 316 g/mol. The first-order valence-electron chi connectivity index (χ1n) is 6.68. The van der Waals surface area contributed by atoms with Crippen LogP contribution in [0, 0.1) is 11.8 Å². The van der Waals surface area contributed by atoms with Crippen molar-refractivity contribution < 1.29 is 19.4 Å². The minimum Gasteiger partial charge on any atom is -0.510 e. The minimum atomic E-state index is -0.680. The lowest BCUT2D eigenvalue weighted by molar-refractivity contribution is -0.107. The molecule has 0 aliphatic carbocycles. The lowest BCUT2D eigenvalue weighted by Gasteiger charge is -2.18. The molecule has 5 heteroatoms. The van der Waals surface area contributed by atoms with Crippen molar-refractivity contribution in [1.82, 2.24) is 0 Å². The quantitative estimate of drug-likeness (QED) is 0.671. The third-order valence-electron chi connectivity index (χ3n) is 3.44. The first kappa shape index (κ1) is 16.2. The molecule has 2 rings (SSSR count). The molecule has 4 nitrogen and oxygen atoms in total. The Morgan fingerprint density at radius 2 is 2.00 bits per heavy atom. The number of methoxy groups -OCH3 is 1. The van der Waals surface area contributed by atoms with E-state index in [1.54, 1.807) is 38.1 Å². The maximum Gasteiger partial charge on any atom is 0.337 e. The summed E-state index contributed by atoms with van der Waals surface area (Å²) in [5.74, 6) is 5.67. The van der Waals surface area contributed by atoms with Crippen LogP contribution in [-0.4, -0.2) is 28.0 Å².